The van der Waals surface area contributed by atoms with Gasteiger partial charge in [-0.25, -0.2) is 9.59 Å². The average molecular weight is 349 g/mol. The van der Waals surface area contributed by atoms with Gasteiger partial charge in [-0.15, -0.1) is 0 Å². The van der Waals surface area contributed by atoms with Gasteiger partial charge in [0.25, 0.3) is 0 Å². The van der Waals surface area contributed by atoms with E-state index >= 15 is 0 Å². The van der Waals surface area contributed by atoms with Crippen molar-refractivity contribution in [2.24, 2.45) is 11.7 Å². The highest BCUT2D eigenvalue weighted by Crippen LogP contribution is 2.37. The van der Waals surface area contributed by atoms with Crippen LogP contribution >= 0.6 is 11.6 Å². The first-order valence-corrected chi connectivity index (χ1v) is 8.32. The zero-order valence-electron chi connectivity index (χ0n) is 12.9. The third-order valence-electron chi connectivity index (χ3n) is 4.99. The maximum atomic E-state index is 12.2. The van der Waals surface area contributed by atoms with Gasteiger partial charge in [-0.1, -0.05) is 11.6 Å². The third kappa shape index (κ3) is 2.53. The van der Waals surface area contributed by atoms with Gasteiger partial charge >= 0.3 is 12.1 Å². The number of carbonyl (C=O) groups excluding carboxylic acids is 2. The van der Waals surface area contributed by atoms with E-state index in [9.17, 15) is 9.59 Å². The molecule has 1 amide bonds. The summed E-state index contributed by atoms with van der Waals surface area (Å²) in [7, 11) is 0. The number of halogens is 1. The van der Waals surface area contributed by atoms with Crippen LogP contribution in [0.3, 0.4) is 0 Å². The molecular formula is C16H17ClN4O3. The van der Waals surface area contributed by atoms with Crippen LogP contribution in [0.25, 0.3) is 10.9 Å². The molecule has 3 fully saturated rings. The number of fused-ring (bicyclic) bond motifs is 4. The van der Waals surface area contributed by atoms with E-state index in [1.165, 1.54) is 0 Å². The van der Waals surface area contributed by atoms with Crippen LogP contribution in [0.15, 0.2) is 18.2 Å². The molecule has 3 aliphatic heterocycles. The van der Waals surface area contributed by atoms with Crippen molar-refractivity contribution in [2.45, 2.75) is 18.9 Å². The number of nitrogens with two attached hydrogens (primary N) is 1. The highest BCUT2D eigenvalue weighted by molar-refractivity contribution is 6.31. The Balaban J connectivity index is 1.81. The summed E-state index contributed by atoms with van der Waals surface area (Å²) >= 11 is 6.07. The molecule has 2 aromatic rings. The summed E-state index contributed by atoms with van der Waals surface area (Å²) < 4.78 is 6.41. The monoisotopic (exact) mass is 348 g/mol. The van der Waals surface area contributed by atoms with Crippen molar-refractivity contribution in [3.05, 3.63) is 28.9 Å². The lowest BCUT2D eigenvalue weighted by molar-refractivity contribution is 0.0518. The molecule has 126 valence electrons. The molecule has 0 spiro atoms. The summed E-state index contributed by atoms with van der Waals surface area (Å²) in [6.45, 7) is 3.14. The Morgan fingerprint density at radius 2 is 2.04 bits per heavy atom. The minimum Gasteiger partial charge on any atom is -0.371 e. The summed E-state index contributed by atoms with van der Waals surface area (Å²) in [6, 6.07) is 5.49. The first-order chi connectivity index (χ1) is 11.5. The maximum absolute atomic E-state index is 12.2. The standard InChI is InChI=1S/C16H17ClN4O3/c17-10-1-2-12-11(7-10)14(15(22)24-16(18)23)19-21(12)13-8-20-5-3-9(13)4-6-20/h1-2,7,9,13H,3-6,8H2,(H2,18,23)/t13-/m1/s1. The Morgan fingerprint density at radius 1 is 1.29 bits per heavy atom. The summed E-state index contributed by atoms with van der Waals surface area (Å²) in [6.07, 6.45) is 1.11. The summed E-state index contributed by atoms with van der Waals surface area (Å²) in [4.78, 5) is 25.5. The summed E-state index contributed by atoms with van der Waals surface area (Å²) in [5, 5.41) is 5.54. The number of hydrogen-bond acceptors (Lipinski definition) is 5. The van der Waals surface area contributed by atoms with Crippen molar-refractivity contribution < 1.29 is 14.3 Å². The second-order valence-corrected chi connectivity index (χ2v) is 6.81. The minimum absolute atomic E-state index is 0.0720. The first kappa shape index (κ1) is 15.4. The van der Waals surface area contributed by atoms with Crippen LogP contribution in [0, 0.1) is 5.92 Å². The number of nitrogens with zero attached hydrogens (tertiary/aromatic N) is 3. The van der Waals surface area contributed by atoms with Crippen molar-refractivity contribution in [3.63, 3.8) is 0 Å². The molecule has 0 aliphatic carbocycles. The summed E-state index contributed by atoms with van der Waals surface area (Å²) in [5.41, 5.74) is 5.84. The normalized spacial score (nSPS) is 25.8. The van der Waals surface area contributed by atoms with Crippen molar-refractivity contribution in [2.75, 3.05) is 19.6 Å². The maximum Gasteiger partial charge on any atom is 0.412 e. The zero-order valence-corrected chi connectivity index (χ0v) is 13.7. The van der Waals surface area contributed by atoms with E-state index in [1.807, 2.05) is 10.7 Å². The van der Waals surface area contributed by atoms with E-state index in [1.54, 1.807) is 12.1 Å². The molecule has 1 atom stereocenters. The molecule has 1 aromatic carbocycles. The Labute approximate surface area is 143 Å². The van der Waals surface area contributed by atoms with Crippen LogP contribution in [0.4, 0.5) is 4.79 Å². The van der Waals surface area contributed by atoms with Gasteiger partial charge < -0.3 is 15.4 Å². The second kappa shape index (κ2) is 5.75. The smallest absolute Gasteiger partial charge is 0.371 e. The van der Waals surface area contributed by atoms with Crippen LogP contribution in [0.5, 0.6) is 0 Å². The Hall–Kier alpha value is -2.12. The SMILES string of the molecule is NC(=O)OC(=O)c1nn([C@@H]2CN3CCC2CC3)c2ccc(Cl)cc12. The average Bonchev–Trinajstić information content (AvgIpc) is 2.94. The van der Waals surface area contributed by atoms with Crippen LogP contribution in [0.1, 0.15) is 29.4 Å². The lowest BCUT2D eigenvalue weighted by Crippen LogP contribution is -2.48. The number of amides is 1. The molecule has 2 bridgehead atoms. The fraction of sp³-hybridized carbons (Fsp3) is 0.438. The van der Waals surface area contributed by atoms with Crippen molar-refractivity contribution in [1.82, 2.24) is 14.7 Å². The van der Waals surface area contributed by atoms with E-state index < -0.39 is 12.1 Å². The molecule has 3 aliphatic rings. The van der Waals surface area contributed by atoms with Crippen molar-refractivity contribution >= 4 is 34.6 Å². The van der Waals surface area contributed by atoms with E-state index in [-0.39, 0.29) is 11.7 Å². The van der Waals surface area contributed by atoms with E-state index in [0.717, 1.165) is 38.0 Å². The molecular weight excluding hydrogens is 332 g/mol. The molecule has 8 heteroatoms. The Morgan fingerprint density at radius 3 is 2.67 bits per heavy atom. The van der Waals surface area contributed by atoms with Gasteiger partial charge in [0, 0.05) is 17.0 Å². The molecule has 1 aromatic heterocycles. The second-order valence-electron chi connectivity index (χ2n) is 6.37. The number of carbonyl (C=O) groups is 2. The van der Waals surface area contributed by atoms with Gasteiger partial charge in [-0.3, -0.25) is 4.68 Å². The number of piperidine rings is 3. The molecule has 2 N–H and O–H groups in total. The van der Waals surface area contributed by atoms with Crippen LogP contribution in [0.2, 0.25) is 5.02 Å². The first-order valence-electron chi connectivity index (χ1n) is 7.94. The van der Waals surface area contributed by atoms with Gasteiger partial charge in [-0.2, -0.15) is 5.10 Å². The van der Waals surface area contributed by atoms with E-state index in [4.69, 9.17) is 17.3 Å². The topological polar surface area (TPSA) is 90.5 Å². The lowest BCUT2D eigenvalue weighted by Gasteiger charge is -2.44. The number of rotatable bonds is 2. The summed E-state index contributed by atoms with van der Waals surface area (Å²) in [5.74, 6) is -0.316. The van der Waals surface area contributed by atoms with Crippen molar-refractivity contribution in [3.8, 4) is 0 Å². The lowest BCUT2D eigenvalue weighted by atomic mass is 9.84. The number of primary amides is 1. The quantitative estimate of drug-likeness (QED) is 0.663. The highest BCUT2D eigenvalue weighted by atomic mass is 35.5. The van der Waals surface area contributed by atoms with Crippen molar-refractivity contribution in [1.29, 1.82) is 0 Å². The van der Waals surface area contributed by atoms with Crippen LogP contribution < -0.4 is 5.73 Å². The number of ether oxygens (including phenoxy) is 1. The van der Waals surface area contributed by atoms with Gasteiger partial charge in [-0.05, 0) is 50.0 Å². The largest absolute Gasteiger partial charge is 0.412 e. The predicted molar refractivity (Wildman–Crippen MR) is 87.9 cm³/mol. The van der Waals surface area contributed by atoms with Gasteiger partial charge in [0.2, 0.25) is 0 Å². The van der Waals surface area contributed by atoms with Gasteiger partial charge in [0.05, 0.1) is 11.6 Å². The molecule has 4 heterocycles. The molecule has 0 saturated carbocycles. The molecule has 3 saturated heterocycles. The highest BCUT2D eigenvalue weighted by Gasteiger charge is 2.37. The zero-order chi connectivity index (χ0) is 16.8. The molecule has 24 heavy (non-hydrogen) atoms. The van der Waals surface area contributed by atoms with Gasteiger partial charge in [0.1, 0.15) is 0 Å². The molecule has 7 nitrogen and oxygen atoms in total. The number of benzene rings is 1. The fourth-order valence-electron chi connectivity index (χ4n) is 3.87. The fourth-order valence-corrected chi connectivity index (χ4v) is 4.04. The molecule has 0 radical (unpaired) electrons. The van der Waals surface area contributed by atoms with Crippen LogP contribution in [-0.4, -0.2) is 46.4 Å². The van der Waals surface area contributed by atoms with E-state index in [2.05, 4.69) is 14.7 Å². The number of hydrogen-bond donors (Lipinski definition) is 1. The molecule has 0 unspecified atom stereocenters. The van der Waals surface area contributed by atoms with E-state index in [0.29, 0.717) is 16.3 Å². The Kier molecular flexibility index (Phi) is 3.69. The Bertz CT molecular complexity index is 826. The molecule has 5 rings (SSSR count). The number of aromatic nitrogens is 2. The predicted octanol–water partition coefficient (Wildman–Crippen LogP) is 2.19. The van der Waals surface area contributed by atoms with Crippen LogP contribution in [-0.2, 0) is 4.74 Å². The third-order valence-corrected chi connectivity index (χ3v) is 5.23. The number of esters is 1. The minimum atomic E-state index is -1.15. The van der Waals surface area contributed by atoms with Gasteiger partial charge in [0.15, 0.2) is 5.69 Å².